The molecule has 0 radical (unpaired) electrons. The Kier molecular flexibility index (Phi) is 8.28. The average molecular weight is 474 g/mol. The minimum Gasteiger partial charge on any atom is -0.373 e. The van der Waals surface area contributed by atoms with Crippen molar-refractivity contribution in [3.8, 4) is 0 Å². The first-order chi connectivity index (χ1) is 15.6. The highest BCUT2D eigenvalue weighted by atomic mass is 32.2. The lowest BCUT2D eigenvalue weighted by atomic mass is 10.0. The van der Waals surface area contributed by atoms with E-state index in [-0.39, 0.29) is 29.1 Å². The molecule has 7 nitrogen and oxygen atoms in total. The smallest absolute Gasteiger partial charge is 0.251 e. The standard InChI is InChI=1S/C25H35N3O4S/c1-6-20-10-12-21(13-11-20)24(27(4)5)15-26-25(29)22-8-7-9-23(14-22)33(30,31)28-16-18(2)32-19(3)17-28/h7-14,18-19,24H,6,15-17H2,1-5H3,(H,26,29). The number of morpholine rings is 1. The number of rotatable bonds is 8. The Morgan fingerprint density at radius 2 is 1.76 bits per heavy atom. The molecule has 0 spiro atoms. The molecule has 0 bridgehead atoms. The number of likely N-dealkylation sites (N-methyl/N-ethyl adjacent to an activating group) is 1. The van der Waals surface area contributed by atoms with Crippen LogP contribution < -0.4 is 5.32 Å². The topological polar surface area (TPSA) is 79.0 Å². The number of aryl methyl sites for hydroxylation is 1. The molecule has 0 aromatic heterocycles. The minimum atomic E-state index is -3.71. The maximum Gasteiger partial charge on any atom is 0.251 e. The van der Waals surface area contributed by atoms with Crippen LogP contribution in [0.1, 0.15) is 48.3 Å². The molecule has 1 fully saturated rings. The molecule has 1 aliphatic heterocycles. The molecule has 1 aliphatic rings. The largest absolute Gasteiger partial charge is 0.373 e. The monoisotopic (exact) mass is 473 g/mol. The van der Waals surface area contributed by atoms with Gasteiger partial charge in [0.05, 0.1) is 23.1 Å². The number of carbonyl (C=O) groups excluding carboxylic acids is 1. The van der Waals surface area contributed by atoms with Gasteiger partial charge in [0.15, 0.2) is 0 Å². The van der Waals surface area contributed by atoms with E-state index in [9.17, 15) is 13.2 Å². The molecule has 1 heterocycles. The fourth-order valence-corrected chi connectivity index (χ4v) is 5.78. The second-order valence-electron chi connectivity index (χ2n) is 8.89. The van der Waals surface area contributed by atoms with Gasteiger partial charge in [-0.25, -0.2) is 8.42 Å². The molecule has 2 aromatic carbocycles. The van der Waals surface area contributed by atoms with Gasteiger partial charge in [-0.1, -0.05) is 37.3 Å². The molecule has 8 heteroatoms. The van der Waals surface area contributed by atoms with Crippen molar-refractivity contribution in [2.45, 2.75) is 50.3 Å². The zero-order valence-electron chi connectivity index (χ0n) is 20.1. The van der Waals surface area contributed by atoms with Gasteiger partial charge in [0.2, 0.25) is 10.0 Å². The van der Waals surface area contributed by atoms with Crippen molar-refractivity contribution in [1.82, 2.24) is 14.5 Å². The zero-order valence-corrected chi connectivity index (χ0v) is 20.9. The third-order valence-corrected chi connectivity index (χ3v) is 7.80. The second-order valence-corrected chi connectivity index (χ2v) is 10.8. The maximum atomic E-state index is 13.2. The molecule has 33 heavy (non-hydrogen) atoms. The summed E-state index contributed by atoms with van der Waals surface area (Å²) in [6.45, 7) is 6.84. The van der Waals surface area contributed by atoms with E-state index in [4.69, 9.17) is 4.74 Å². The Morgan fingerprint density at radius 3 is 2.33 bits per heavy atom. The molecule has 3 unspecified atom stereocenters. The van der Waals surface area contributed by atoms with Crippen molar-refractivity contribution < 1.29 is 17.9 Å². The average Bonchev–Trinajstić information content (AvgIpc) is 2.78. The molecule has 3 rings (SSSR count). The lowest BCUT2D eigenvalue weighted by Crippen LogP contribution is -2.48. The van der Waals surface area contributed by atoms with Gasteiger partial charge >= 0.3 is 0 Å². The van der Waals surface area contributed by atoms with Crippen LogP contribution in [0.4, 0.5) is 0 Å². The number of amides is 1. The van der Waals surface area contributed by atoms with Crippen LogP contribution in [-0.2, 0) is 21.2 Å². The highest BCUT2D eigenvalue weighted by Crippen LogP contribution is 2.22. The summed E-state index contributed by atoms with van der Waals surface area (Å²) < 4.78 is 33.4. The van der Waals surface area contributed by atoms with Crippen LogP contribution in [0, 0.1) is 0 Å². The van der Waals surface area contributed by atoms with Crippen LogP contribution in [0.3, 0.4) is 0 Å². The Balaban J connectivity index is 1.73. The molecule has 1 amide bonds. The van der Waals surface area contributed by atoms with E-state index in [1.807, 2.05) is 27.9 Å². The number of nitrogens with one attached hydrogen (secondary N) is 1. The Morgan fingerprint density at radius 1 is 1.12 bits per heavy atom. The molecule has 1 saturated heterocycles. The van der Waals surface area contributed by atoms with Gasteiger partial charge in [-0.2, -0.15) is 4.31 Å². The van der Waals surface area contributed by atoms with E-state index in [0.29, 0.717) is 25.2 Å². The van der Waals surface area contributed by atoms with E-state index in [1.165, 1.54) is 22.0 Å². The van der Waals surface area contributed by atoms with Gasteiger partial charge in [0.25, 0.3) is 5.91 Å². The molecule has 1 N–H and O–H groups in total. The predicted octanol–water partition coefficient (Wildman–Crippen LogP) is 3.08. The van der Waals surface area contributed by atoms with Gasteiger partial charge in [-0.3, -0.25) is 4.79 Å². The Labute approximate surface area is 197 Å². The highest BCUT2D eigenvalue weighted by Gasteiger charge is 2.32. The van der Waals surface area contributed by atoms with E-state index >= 15 is 0 Å². The van der Waals surface area contributed by atoms with E-state index in [1.54, 1.807) is 12.1 Å². The van der Waals surface area contributed by atoms with Crippen molar-refractivity contribution in [3.63, 3.8) is 0 Å². The van der Waals surface area contributed by atoms with E-state index in [2.05, 4.69) is 41.4 Å². The number of hydrogen-bond acceptors (Lipinski definition) is 5. The van der Waals surface area contributed by atoms with Crippen molar-refractivity contribution >= 4 is 15.9 Å². The van der Waals surface area contributed by atoms with Crippen LogP contribution in [0.5, 0.6) is 0 Å². The summed E-state index contributed by atoms with van der Waals surface area (Å²) in [6.07, 6.45) is 0.624. The van der Waals surface area contributed by atoms with Crippen LogP contribution in [0.2, 0.25) is 0 Å². The lowest BCUT2D eigenvalue weighted by molar-refractivity contribution is -0.0440. The zero-order chi connectivity index (χ0) is 24.2. The van der Waals surface area contributed by atoms with Crippen LogP contribution >= 0.6 is 0 Å². The van der Waals surface area contributed by atoms with Gasteiger partial charge in [-0.05, 0) is 63.7 Å². The predicted molar refractivity (Wildman–Crippen MR) is 130 cm³/mol. The SMILES string of the molecule is CCc1ccc(C(CNC(=O)c2cccc(S(=O)(=O)N3CC(C)OC(C)C3)c2)N(C)C)cc1. The number of ether oxygens (including phenoxy) is 1. The quantitative estimate of drug-likeness (QED) is 0.638. The summed E-state index contributed by atoms with van der Waals surface area (Å²) in [5.41, 5.74) is 2.70. The number of nitrogens with zero attached hydrogens (tertiary/aromatic N) is 2. The molecular weight excluding hydrogens is 438 g/mol. The van der Waals surface area contributed by atoms with Crippen LogP contribution in [0.15, 0.2) is 53.4 Å². The van der Waals surface area contributed by atoms with E-state index < -0.39 is 10.0 Å². The minimum absolute atomic E-state index is 0.00287. The first kappa shape index (κ1) is 25.4. The third-order valence-electron chi connectivity index (χ3n) is 5.97. The first-order valence-corrected chi connectivity index (χ1v) is 12.8. The van der Waals surface area contributed by atoms with Gasteiger partial charge in [-0.15, -0.1) is 0 Å². The number of sulfonamides is 1. The van der Waals surface area contributed by atoms with Gasteiger partial charge in [0, 0.05) is 25.2 Å². The Hall–Kier alpha value is -2.26. The van der Waals surface area contributed by atoms with Crippen molar-refractivity contribution in [2.24, 2.45) is 0 Å². The first-order valence-electron chi connectivity index (χ1n) is 11.4. The molecule has 0 saturated carbocycles. The fraction of sp³-hybridized carbons (Fsp3) is 0.480. The number of hydrogen-bond donors (Lipinski definition) is 1. The number of carbonyl (C=O) groups is 1. The van der Waals surface area contributed by atoms with Crippen LogP contribution in [0.25, 0.3) is 0 Å². The fourth-order valence-electron chi connectivity index (χ4n) is 4.14. The Bertz CT molecular complexity index is 1040. The van der Waals surface area contributed by atoms with Crippen molar-refractivity contribution in [3.05, 3.63) is 65.2 Å². The molecule has 180 valence electrons. The molecule has 3 atom stereocenters. The molecule has 0 aliphatic carbocycles. The molecule has 2 aromatic rings. The lowest BCUT2D eigenvalue weighted by Gasteiger charge is -2.34. The van der Waals surface area contributed by atoms with Crippen LogP contribution in [-0.4, -0.2) is 69.5 Å². The maximum absolute atomic E-state index is 13.2. The van der Waals surface area contributed by atoms with Gasteiger partial charge in [0.1, 0.15) is 0 Å². The summed E-state index contributed by atoms with van der Waals surface area (Å²) in [5, 5.41) is 2.97. The normalized spacial score (nSPS) is 20.5. The highest BCUT2D eigenvalue weighted by molar-refractivity contribution is 7.89. The van der Waals surface area contributed by atoms with Crippen molar-refractivity contribution in [1.29, 1.82) is 0 Å². The third kappa shape index (κ3) is 6.20. The number of benzene rings is 2. The summed E-state index contributed by atoms with van der Waals surface area (Å²) in [5.74, 6) is -0.298. The second kappa shape index (κ2) is 10.8. The summed E-state index contributed by atoms with van der Waals surface area (Å²) in [7, 11) is 0.235. The summed E-state index contributed by atoms with van der Waals surface area (Å²) >= 11 is 0. The summed E-state index contributed by atoms with van der Waals surface area (Å²) in [6, 6.07) is 14.6. The van der Waals surface area contributed by atoms with Gasteiger partial charge < -0.3 is 15.0 Å². The summed E-state index contributed by atoms with van der Waals surface area (Å²) in [4.78, 5) is 15.1. The van der Waals surface area contributed by atoms with E-state index in [0.717, 1.165) is 12.0 Å². The molecular formula is C25H35N3O4S. The van der Waals surface area contributed by atoms with Crippen molar-refractivity contribution in [2.75, 3.05) is 33.7 Å².